The van der Waals surface area contributed by atoms with E-state index in [-0.39, 0.29) is 35.8 Å². The van der Waals surface area contributed by atoms with Crippen LogP contribution < -0.4 is 15.4 Å². The fourth-order valence-electron chi connectivity index (χ4n) is 2.61. The van der Waals surface area contributed by atoms with Crippen LogP contribution in [0.2, 0.25) is 0 Å². The number of carbonyl (C=O) groups is 1. The van der Waals surface area contributed by atoms with Crippen molar-refractivity contribution in [2.45, 2.75) is 50.2 Å². The Bertz CT molecular complexity index is 698. The molecule has 26 heavy (non-hydrogen) atoms. The summed E-state index contributed by atoms with van der Waals surface area (Å²) in [5.74, 6) is -0.140. The molecule has 148 valence electrons. The zero-order valence-electron chi connectivity index (χ0n) is 15.4. The second kappa shape index (κ2) is 9.66. The van der Waals surface area contributed by atoms with Gasteiger partial charge in [-0.2, -0.15) is 0 Å². The van der Waals surface area contributed by atoms with Gasteiger partial charge in [0, 0.05) is 31.1 Å². The zero-order valence-corrected chi connectivity index (χ0v) is 17.0. The van der Waals surface area contributed by atoms with Crippen molar-refractivity contribution in [2.75, 3.05) is 19.8 Å². The number of nitrogens with one attached hydrogen (secondary N) is 3. The number of carbonyl (C=O) groups excluding carboxylic acids is 1. The fourth-order valence-corrected chi connectivity index (χ4v) is 4.27. The van der Waals surface area contributed by atoms with E-state index in [2.05, 4.69) is 15.4 Å². The number of hydrogen-bond donors (Lipinski definition) is 3. The molecule has 3 N–H and O–H groups in total. The number of sulfonamides is 1. The molecule has 2 rings (SSSR count). The van der Waals surface area contributed by atoms with E-state index in [0.29, 0.717) is 25.2 Å². The van der Waals surface area contributed by atoms with Gasteiger partial charge in [0.05, 0.1) is 18.1 Å². The molecule has 1 aliphatic heterocycles. The molecule has 1 unspecified atom stereocenters. The molecular weight excluding hydrogens is 378 g/mol. The summed E-state index contributed by atoms with van der Waals surface area (Å²) in [4.78, 5) is 12.3. The number of ether oxygens (including phenoxy) is 1. The molecule has 0 saturated carbocycles. The summed E-state index contributed by atoms with van der Waals surface area (Å²) in [5, 5.41) is 6.01. The number of benzene rings is 1. The van der Waals surface area contributed by atoms with Gasteiger partial charge in [-0.25, -0.2) is 13.1 Å². The topological polar surface area (TPSA) is 96.5 Å². The third-order valence-electron chi connectivity index (χ3n) is 3.61. The lowest BCUT2D eigenvalue weighted by atomic mass is 10.1. The molecule has 1 fully saturated rings. The van der Waals surface area contributed by atoms with E-state index >= 15 is 0 Å². The second-order valence-corrected chi connectivity index (χ2v) is 8.82. The molecule has 7 nitrogen and oxygen atoms in total. The van der Waals surface area contributed by atoms with Crippen molar-refractivity contribution >= 4 is 28.3 Å². The molecule has 1 aromatic rings. The molecule has 0 spiro atoms. The number of halogens is 1. The van der Waals surface area contributed by atoms with Crippen LogP contribution in [0.4, 0.5) is 0 Å². The summed E-state index contributed by atoms with van der Waals surface area (Å²) >= 11 is 0. The van der Waals surface area contributed by atoms with Gasteiger partial charge in [0.15, 0.2) is 0 Å². The van der Waals surface area contributed by atoms with Crippen molar-refractivity contribution in [3.63, 3.8) is 0 Å². The highest BCUT2D eigenvalue weighted by molar-refractivity contribution is 7.89. The fraction of sp³-hybridized carbons (Fsp3) is 0.588. The van der Waals surface area contributed by atoms with Crippen LogP contribution in [0.5, 0.6) is 0 Å². The third kappa shape index (κ3) is 7.20. The van der Waals surface area contributed by atoms with Crippen LogP contribution in [-0.4, -0.2) is 45.7 Å². The molecule has 1 aromatic carbocycles. The zero-order chi connectivity index (χ0) is 18.5. The highest BCUT2D eigenvalue weighted by atomic mass is 35.5. The van der Waals surface area contributed by atoms with Gasteiger partial charge < -0.3 is 15.4 Å². The van der Waals surface area contributed by atoms with Gasteiger partial charge in [0.2, 0.25) is 15.9 Å². The minimum absolute atomic E-state index is 0. The van der Waals surface area contributed by atoms with Crippen molar-refractivity contribution < 1.29 is 17.9 Å². The lowest BCUT2D eigenvalue weighted by molar-refractivity contribution is -0.122. The Morgan fingerprint density at radius 3 is 2.62 bits per heavy atom. The van der Waals surface area contributed by atoms with Gasteiger partial charge >= 0.3 is 0 Å². The first-order valence-electron chi connectivity index (χ1n) is 8.37. The van der Waals surface area contributed by atoms with Gasteiger partial charge in [-0.05, 0) is 32.4 Å². The Morgan fingerprint density at radius 1 is 1.31 bits per heavy atom. The van der Waals surface area contributed by atoms with Crippen molar-refractivity contribution in [3.05, 3.63) is 29.8 Å². The lowest BCUT2D eigenvalue weighted by Gasteiger charge is -2.23. The predicted octanol–water partition coefficient (Wildman–Crippen LogP) is 1.18. The van der Waals surface area contributed by atoms with Gasteiger partial charge in [-0.15, -0.1) is 12.4 Å². The first kappa shape index (κ1) is 22.9. The van der Waals surface area contributed by atoms with Gasteiger partial charge in [0.1, 0.15) is 0 Å². The second-order valence-electron chi connectivity index (χ2n) is 7.17. The van der Waals surface area contributed by atoms with Crippen LogP contribution in [0.25, 0.3) is 0 Å². The van der Waals surface area contributed by atoms with Crippen LogP contribution in [0, 0.1) is 0 Å². The highest BCUT2D eigenvalue weighted by Crippen LogP contribution is 2.17. The van der Waals surface area contributed by atoms with E-state index in [4.69, 9.17) is 4.74 Å². The maximum absolute atomic E-state index is 12.6. The first-order chi connectivity index (χ1) is 11.7. The van der Waals surface area contributed by atoms with Crippen LogP contribution in [0.1, 0.15) is 32.8 Å². The molecule has 1 heterocycles. The number of amides is 1. The first-order valence-corrected chi connectivity index (χ1v) is 9.85. The lowest BCUT2D eigenvalue weighted by Crippen LogP contribution is -2.44. The largest absolute Gasteiger partial charge is 0.378 e. The van der Waals surface area contributed by atoms with E-state index in [1.54, 1.807) is 45.0 Å². The summed E-state index contributed by atoms with van der Waals surface area (Å²) in [6.45, 7) is 7.42. The monoisotopic (exact) mass is 405 g/mol. The smallest absolute Gasteiger partial charge is 0.241 e. The van der Waals surface area contributed by atoms with Gasteiger partial charge in [-0.1, -0.05) is 18.2 Å². The van der Waals surface area contributed by atoms with E-state index < -0.39 is 15.6 Å². The normalized spacial score (nSPS) is 18.0. The Hall–Kier alpha value is -1.19. The molecule has 1 atom stereocenters. The molecular formula is C17H28ClN3O4S. The van der Waals surface area contributed by atoms with Crippen molar-refractivity contribution in [1.82, 2.24) is 15.4 Å². The molecule has 1 amide bonds. The number of rotatable bonds is 6. The summed E-state index contributed by atoms with van der Waals surface area (Å²) in [5.41, 5.74) is -0.0255. The Morgan fingerprint density at radius 2 is 2.00 bits per heavy atom. The molecule has 0 aromatic heterocycles. The molecule has 0 radical (unpaired) electrons. The van der Waals surface area contributed by atoms with Crippen molar-refractivity contribution in [2.24, 2.45) is 0 Å². The minimum atomic E-state index is -3.66. The van der Waals surface area contributed by atoms with E-state index in [0.717, 1.165) is 6.54 Å². The van der Waals surface area contributed by atoms with Crippen LogP contribution in [-0.2, 0) is 26.1 Å². The number of hydrogen-bond acceptors (Lipinski definition) is 5. The highest BCUT2D eigenvalue weighted by Gasteiger charge is 2.24. The summed E-state index contributed by atoms with van der Waals surface area (Å²) in [6.07, 6.45) is 0.301. The van der Waals surface area contributed by atoms with Gasteiger partial charge in [0.25, 0.3) is 0 Å². The van der Waals surface area contributed by atoms with Crippen LogP contribution in [0.3, 0.4) is 0 Å². The Labute approximate surface area is 161 Å². The molecule has 0 bridgehead atoms. The minimum Gasteiger partial charge on any atom is -0.378 e. The number of morpholine rings is 1. The Balaban J connectivity index is 0.00000338. The van der Waals surface area contributed by atoms with E-state index in [9.17, 15) is 13.2 Å². The predicted molar refractivity (Wildman–Crippen MR) is 103 cm³/mol. The van der Waals surface area contributed by atoms with E-state index in [1.807, 2.05) is 0 Å². The van der Waals surface area contributed by atoms with Crippen molar-refractivity contribution in [3.8, 4) is 0 Å². The van der Waals surface area contributed by atoms with E-state index in [1.165, 1.54) is 0 Å². The summed E-state index contributed by atoms with van der Waals surface area (Å²) < 4.78 is 33.1. The van der Waals surface area contributed by atoms with Crippen molar-refractivity contribution in [1.29, 1.82) is 0 Å². The summed E-state index contributed by atoms with van der Waals surface area (Å²) in [7, 11) is -3.66. The third-order valence-corrected chi connectivity index (χ3v) is 5.47. The van der Waals surface area contributed by atoms with Gasteiger partial charge in [-0.3, -0.25) is 4.79 Å². The Kier molecular flexibility index (Phi) is 8.49. The maximum atomic E-state index is 12.6. The molecule has 1 aliphatic rings. The van der Waals surface area contributed by atoms with Crippen LogP contribution >= 0.6 is 12.4 Å². The standard InChI is InChI=1S/C17H27N3O4S.ClH/c1-17(2,3)20-25(22,23)15-7-5-4-6-13(15)11-19-16(21)10-14-12-24-9-8-18-14;/h4-7,14,18,20H,8-12H2,1-3H3,(H,19,21);1H. The van der Waals surface area contributed by atoms with Crippen LogP contribution in [0.15, 0.2) is 29.2 Å². The maximum Gasteiger partial charge on any atom is 0.241 e. The average molecular weight is 406 g/mol. The molecule has 1 saturated heterocycles. The SMILES string of the molecule is CC(C)(C)NS(=O)(=O)c1ccccc1CNC(=O)CC1COCCN1.Cl. The quantitative estimate of drug-likeness (QED) is 0.660. The summed E-state index contributed by atoms with van der Waals surface area (Å²) in [6, 6.07) is 6.68. The molecule has 0 aliphatic carbocycles. The average Bonchev–Trinajstić information content (AvgIpc) is 2.52. The molecule has 9 heteroatoms.